The van der Waals surface area contributed by atoms with Crippen LogP contribution in [0.15, 0.2) is 78.9 Å². The van der Waals surface area contributed by atoms with Crippen molar-refractivity contribution in [1.82, 2.24) is 10.2 Å². The van der Waals surface area contributed by atoms with Crippen molar-refractivity contribution in [3.8, 4) is 5.75 Å². The Morgan fingerprint density at radius 3 is 2.29 bits per heavy atom. The van der Waals surface area contributed by atoms with Crippen LogP contribution in [0.2, 0.25) is 0 Å². The third kappa shape index (κ3) is 6.39. The van der Waals surface area contributed by atoms with Gasteiger partial charge in [-0.25, -0.2) is 4.79 Å². The number of methoxy groups -OCH3 is 1. The van der Waals surface area contributed by atoms with Gasteiger partial charge in [-0.05, 0) is 42.7 Å². The second kappa shape index (κ2) is 11.5. The first-order valence-corrected chi connectivity index (χ1v) is 11.9. The molecule has 0 saturated carbocycles. The molecule has 35 heavy (non-hydrogen) atoms. The molecule has 0 unspecified atom stereocenters. The molecule has 3 amide bonds. The summed E-state index contributed by atoms with van der Waals surface area (Å²) in [6, 6.07) is 24.7. The van der Waals surface area contributed by atoms with Crippen LogP contribution >= 0.6 is 0 Å². The summed E-state index contributed by atoms with van der Waals surface area (Å²) in [4.78, 5) is 29.6. The number of carbonyl (C=O) groups excluding carboxylic acids is 2. The molecule has 2 N–H and O–H groups in total. The second-order valence-corrected chi connectivity index (χ2v) is 8.75. The zero-order valence-electron chi connectivity index (χ0n) is 20.2. The molecule has 1 aliphatic rings. The van der Waals surface area contributed by atoms with E-state index in [2.05, 4.69) is 39.8 Å². The number of carbonyl (C=O) groups is 2. The third-order valence-electron chi connectivity index (χ3n) is 6.32. The molecule has 0 bridgehead atoms. The highest BCUT2D eigenvalue weighted by Crippen LogP contribution is 2.26. The van der Waals surface area contributed by atoms with Gasteiger partial charge in [-0.2, -0.15) is 0 Å². The van der Waals surface area contributed by atoms with E-state index in [9.17, 15) is 9.59 Å². The number of piperidine rings is 1. The van der Waals surface area contributed by atoms with Crippen molar-refractivity contribution >= 4 is 23.3 Å². The fourth-order valence-corrected chi connectivity index (χ4v) is 4.26. The highest BCUT2D eigenvalue weighted by molar-refractivity contribution is 6.02. The fourth-order valence-electron chi connectivity index (χ4n) is 4.26. The Kier molecular flexibility index (Phi) is 8.00. The van der Waals surface area contributed by atoms with Crippen molar-refractivity contribution < 1.29 is 14.3 Å². The summed E-state index contributed by atoms with van der Waals surface area (Å²) in [5.74, 6) is 0.271. The van der Waals surface area contributed by atoms with Crippen LogP contribution < -0.4 is 20.3 Å². The topological polar surface area (TPSA) is 73.9 Å². The monoisotopic (exact) mass is 472 g/mol. The molecule has 182 valence electrons. The van der Waals surface area contributed by atoms with Crippen LogP contribution in [0.5, 0.6) is 5.75 Å². The molecule has 0 aliphatic carbocycles. The van der Waals surface area contributed by atoms with Crippen LogP contribution in [0.1, 0.15) is 28.8 Å². The number of amides is 3. The lowest BCUT2D eigenvalue weighted by Gasteiger charge is -2.32. The molecule has 0 atom stereocenters. The molecule has 0 aromatic heterocycles. The number of hydrogen-bond donors (Lipinski definition) is 2. The van der Waals surface area contributed by atoms with Crippen LogP contribution in [0.4, 0.5) is 16.2 Å². The first kappa shape index (κ1) is 24.3. The molecule has 7 heteroatoms. The molecule has 0 spiro atoms. The lowest BCUT2D eigenvalue weighted by Crippen LogP contribution is -2.44. The van der Waals surface area contributed by atoms with Crippen molar-refractivity contribution in [2.75, 3.05) is 37.5 Å². The maximum atomic E-state index is 13.0. The van der Waals surface area contributed by atoms with Crippen molar-refractivity contribution in [2.45, 2.75) is 25.4 Å². The number of anilines is 2. The Balaban J connectivity index is 1.34. The summed E-state index contributed by atoms with van der Waals surface area (Å²) in [5, 5.41) is 6.01. The number of rotatable bonds is 7. The normalized spacial score (nSPS) is 14.2. The van der Waals surface area contributed by atoms with Crippen molar-refractivity contribution in [3.63, 3.8) is 0 Å². The van der Waals surface area contributed by atoms with E-state index in [1.165, 1.54) is 17.6 Å². The molecule has 0 radical (unpaired) electrons. The molecule has 3 aromatic rings. The predicted octanol–water partition coefficient (Wildman–Crippen LogP) is 4.76. The molecule has 1 aliphatic heterocycles. The Morgan fingerprint density at radius 2 is 1.63 bits per heavy atom. The van der Waals surface area contributed by atoms with E-state index in [1.807, 2.05) is 36.4 Å². The molecule has 7 nitrogen and oxygen atoms in total. The summed E-state index contributed by atoms with van der Waals surface area (Å²) in [6.45, 7) is 2.82. The molecule has 1 heterocycles. The molecular weight excluding hydrogens is 440 g/mol. The molecule has 4 rings (SSSR count). The summed E-state index contributed by atoms with van der Waals surface area (Å²) in [5.41, 5.74) is 3.10. The molecule has 3 aromatic carbocycles. The Hall–Kier alpha value is -3.84. The summed E-state index contributed by atoms with van der Waals surface area (Å²) in [7, 11) is 3.21. The standard InChI is InChI=1S/C28H32N4O3/c1-31(28(34)30-22-11-7-4-8-12-22)24-13-14-25(26(19-24)35-2)27(33)29-23-15-17-32(18-16-23)20-21-9-5-3-6-10-21/h3-14,19,23H,15-18,20H2,1-2H3,(H,29,33)(H,30,34). The van der Waals surface area contributed by atoms with E-state index < -0.39 is 0 Å². The van der Waals surface area contributed by atoms with Crippen LogP contribution in [-0.4, -0.2) is 50.1 Å². The number of para-hydroxylation sites is 1. The first-order valence-electron chi connectivity index (χ1n) is 11.9. The van der Waals surface area contributed by atoms with E-state index in [-0.39, 0.29) is 18.0 Å². The number of nitrogens with one attached hydrogen (secondary N) is 2. The minimum atomic E-state index is -0.280. The van der Waals surface area contributed by atoms with Gasteiger partial charge >= 0.3 is 6.03 Å². The lowest BCUT2D eigenvalue weighted by atomic mass is 10.0. The molecule has 1 fully saturated rings. The smallest absolute Gasteiger partial charge is 0.326 e. The van der Waals surface area contributed by atoms with Gasteiger partial charge in [0.2, 0.25) is 0 Å². The average Bonchev–Trinajstić information content (AvgIpc) is 2.90. The Labute approximate surface area is 206 Å². The van der Waals surface area contributed by atoms with Gasteiger partial charge in [-0.3, -0.25) is 14.6 Å². The van der Waals surface area contributed by atoms with Gasteiger partial charge in [0.15, 0.2) is 0 Å². The lowest BCUT2D eigenvalue weighted by molar-refractivity contribution is 0.0906. The number of nitrogens with zero attached hydrogens (tertiary/aromatic N) is 2. The third-order valence-corrected chi connectivity index (χ3v) is 6.32. The van der Waals surface area contributed by atoms with Gasteiger partial charge in [0, 0.05) is 50.2 Å². The van der Waals surface area contributed by atoms with Crippen molar-refractivity contribution in [2.24, 2.45) is 0 Å². The highest BCUT2D eigenvalue weighted by Gasteiger charge is 2.23. The molecular formula is C28H32N4O3. The maximum Gasteiger partial charge on any atom is 0.326 e. The van der Waals surface area contributed by atoms with Crippen LogP contribution in [0.25, 0.3) is 0 Å². The number of benzene rings is 3. The van der Waals surface area contributed by atoms with Gasteiger partial charge in [0.05, 0.1) is 12.7 Å². The first-order chi connectivity index (χ1) is 17.0. The van der Waals surface area contributed by atoms with Crippen LogP contribution in [0.3, 0.4) is 0 Å². The molecule has 1 saturated heterocycles. The Bertz CT molecular complexity index is 1130. The van der Waals surface area contributed by atoms with Gasteiger partial charge in [-0.1, -0.05) is 48.5 Å². The summed E-state index contributed by atoms with van der Waals surface area (Å²) < 4.78 is 5.50. The van der Waals surface area contributed by atoms with Gasteiger partial charge in [0.1, 0.15) is 5.75 Å². The van der Waals surface area contributed by atoms with Gasteiger partial charge in [0.25, 0.3) is 5.91 Å². The number of hydrogen-bond acceptors (Lipinski definition) is 4. The number of ether oxygens (including phenoxy) is 1. The predicted molar refractivity (Wildman–Crippen MR) is 139 cm³/mol. The zero-order chi connectivity index (χ0) is 24.6. The second-order valence-electron chi connectivity index (χ2n) is 8.75. The number of urea groups is 1. The van der Waals surface area contributed by atoms with Gasteiger partial charge < -0.3 is 15.4 Å². The fraction of sp³-hybridized carbons (Fsp3) is 0.286. The Morgan fingerprint density at radius 1 is 0.971 bits per heavy atom. The highest BCUT2D eigenvalue weighted by atomic mass is 16.5. The quantitative estimate of drug-likeness (QED) is 0.520. The van der Waals surface area contributed by atoms with E-state index in [0.717, 1.165) is 32.5 Å². The van der Waals surface area contributed by atoms with Crippen molar-refractivity contribution in [1.29, 1.82) is 0 Å². The summed E-state index contributed by atoms with van der Waals surface area (Å²) in [6.07, 6.45) is 1.81. The zero-order valence-corrected chi connectivity index (χ0v) is 20.2. The van der Waals surface area contributed by atoms with Crippen molar-refractivity contribution in [3.05, 3.63) is 90.0 Å². The minimum absolute atomic E-state index is 0.123. The van der Waals surface area contributed by atoms with Crippen LogP contribution in [0, 0.1) is 0 Å². The average molecular weight is 473 g/mol. The largest absolute Gasteiger partial charge is 0.496 e. The van der Waals surface area contributed by atoms with E-state index >= 15 is 0 Å². The SMILES string of the molecule is COc1cc(N(C)C(=O)Nc2ccccc2)ccc1C(=O)NC1CCN(Cc2ccccc2)CC1. The minimum Gasteiger partial charge on any atom is -0.496 e. The van der Waals surface area contributed by atoms with E-state index in [1.54, 1.807) is 25.2 Å². The van der Waals surface area contributed by atoms with Gasteiger partial charge in [-0.15, -0.1) is 0 Å². The number of likely N-dealkylation sites (tertiary alicyclic amines) is 1. The van der Waals surface area contributed by atoms with Crippen LogP contribution in [-0.2, 0) is 6.54 Å². The van der Waals surface area contributed by atoms with E-state index in [0.29, 0.717) is 22.7 Å². The summed E-state index contributed by atoms with van der Waals surface area (Å²) >= 11 is 0. The maximum absolute atomic E-state index is 13.0. The van der Waals surface area contributed by atoms with E-state index in [4.69, 9.17) is 4.74 Å².